The molecule has 2 rings (SSSR count). The minimum Gasteiger partial charge on any atom is -0.353 e. The largest absolute Gasteiger partial charge is 0.353 e. The summed E-state index contributed by atoms with van der Waals surface area (Å²) in [6.45, 7) is 10.1. The Balaban J connectivity index is 1.73. The Morgan fingerprint density at radius 1 is 1.25 bits per heavy atom. The Hall–Kier alpha value is -0.610. The van der Waals surface area contributed by atoms with Gasteiger partial charge in [0.2, 0.25) is 5.91 Å². The average Bonchev–Trinajstić information content (AvgIpc) is 2.80. The molecule has 1 unspecified atom stereocenters. The number of nitrogens with one attached hydrogen (secondary N) is 1. The van der Waals surface area contributed by atoms with E-state index in [4.69, 9.17) is 9.47 Å². The predicted octanol–water partition coefficient (Wildman–Crippen LogP) is 2.86. The van der Waals surface area contributed by atoms with Gasteiger partial charge in [0.05, 0.1) is 13.2 Å². The molecule has 0 aromatic heterocycles. The fourth-order valence-electron chi connectivity index (χ4n) is 2.86. The van der Waals surface area contributed by atoms with Crippen molar-refractivity contribution in [1.82, 2.24) is 5.32 Å². The summed E-state index contributed by atoms with van der Waals surface area (Å²) in [4.78, 5) is 12.1. The van der Waals surface area contributed by atoms with Crippen molar-refractivity contribution in [2.75, 3.05) is 13.2 Å². The number of carbonyl (C=O) groups excluding carboxylic acids is 1. The molecule has 116 valence electrons. The molecule has 1 saturated carbocycles. The SMILES string of the molecule is CC(CC(=O)NC1CCC2(CC1)OCCO2)C(C)(C)C. The van der Waals surface area contributed by atoms with Crippen LogP contribution in [0.3, 0.4) is 0 Å². The molecule has 1 saturated heterocycles. The maximum atomic E-state index is 12.1. The lowest BCUT2D eigenvalue weighted by Gasteiger charge is -2.36. The molecule has 4 nitrogen and oxygen atoms in total. The van der Waals surface area contributed by atoms with Crippen LogP contribution in [0.2, 0.25) is 0 Å². The van der Waals surface area contributed by atoms with E-state index in [1.54, 1.807) is 0 Å². The third-order valence-corrected chi connectivity index (χ3v) is 4.90. The van der Waals surface area contributed by atoms with Crippen molar-refractivity contribution >= 4 is 5.91 Å². The Labute approximate surface area is 122 Å². The molecular formula is C16H29NO3. The van der Waals surface area contributed by atoms with Gasteiger partial charge in [-0.2, -0.15) is 0 Å². The first-order valence-electron chi connectivity index (χ1n) is 7.88. The summed E-state index contributed by atoms with van der Waals surface area (Å²) in [6, 6.07) is 0.285. The molecule has 1 aliphatic carbocycles. The van der Waals surface area contributed by atoms with E-state index in [1.807, 2.05) is 0 Å². The van der Waals surface area contributed by atoms with Gasteiger partial charge in [-0.1, -0.05) is 27.7 Å². The second-order valence-corrected chi connectivity index (χ2v) is 7.42. The molecule has 1 heterocycles. The molecule has 2 aliphatic rings. The van der Waals surface area contributed by atoms with Crippen molar-refractivity contribution in [2.45, 2.75) is 71.6 Å². The van der Waals surface area contributed by atoms with Gasteiger partial charge in [0.1, 0.15) is 0 Å². The second kappa shape index (κ2) is 6.02. The van der Waals surface area contributed by atoms with Crippen molar-refractivity contribution in [1.29, 1.82) is 0 Å². The summed E-state index contributed by atoms with van der Waals surface area (Å²) >= 11 is 0. The van der Waals surface area contributed by atoms with Crippen molar-refractivity contribution in [3.05, 3.63) is 0 Å². The van der Waals surface area contributed by atoms with Gasteiger partial charge in [0.15, 0.2) is 5.79 Å². The molecule has 1 amide bonds. The normalized spacial score (nSPS) is 24.8. The third-order valence-electron chi connectivity index (χ3n) is 4.90. The Morgan fingerprint density at radius 3 is 2.30 bits per heavy atom. The number of rotatable bonds is 3. The lowest BCUT2D eigenvalue weighted by atomic mass is 9.80. The van der Waals surface area contributed by atoms with E-state index in [-0.39, 0.29) is 23.2 Å². The highest BCUT2D eigenvalue weighted by Gasteiger charge is 2.40. The number of hydrogen-bond acceptors (Lipinski definition) is 3. The highest BCUT2D eigenvalue weighted by molar-refractivity contribution is 5.76. The number of amides is 1. The lowest BCUT2D eigenvalue weighted by Crippen LogP contribution is -2.44. The summed E-state index contributed by atoms with van der Waals surface area (Å²) in [6.07, 6.45) is 4.31. The van der Waals surface area contributed by atoms with Crippen LogP contribution in [0.5, 0.6) is 0 Å². The van der Waals surface area contributed by atoms with Crippen LogP contribution in [0.1, 0.15) is 59.8 Å². The van der Waals surface area contributed by atoms with E-state index in [1.165, 1.54) is 0 Å². The fourth-order valence-corrected chi connectivity index (χ4v) is 2.86. The molecule has 1 atom stereocenters. The topological polar surface area (TPSA) is 47.6 Å². The van der Waals surface area contributed by atoms with Crippen molar-refractivity contribution in [2.24, 2.45) is 11.3 Å². The molecule has 0 aromatic carbocycles. The van der Waals surface area contributed by atoms with Crippen LogP contribution in [0.4, 0.5) is 0 Å². The molecule has 0 bridgehead atoms. The first-order chi connectivity index (χ1) is 9.31. The zero-order valence-electron chi connectivity index (χ0n) is 13.3. The minimum absolute atomic E-state index is 0.180. The van der Waals surface area contributed by atoms with E-state index in [2.05, 4.69) is 33.0 Å². The van der Waals surface area contributed by atoms with Crippen LogP contribution in [0, 0.1) is 11.3 Å². The molecule has 0 radical (unpaired) electrons. The van der Waals surface area contributed by atoms with E-state index >= 15 is 0 Å². The van der Waals surface area contributed by atoms with Crippen LogP contribution in [0.15, 0.2) is 0 Å². The van der Waals surface area contributed by atoms with E-state index in [0.29, 0.717) is 25.6 Å². The minimum atomic E-state index is -0.333. The van der Waals surface area contributed by atoms with Crippen LogP contribution >= 0.6 is 0 Å². The van der Waals surface area contributed by atoms with Gasteiger partial charge in [-0.25, -0.2) is 0 Å². The summed E-state index contributed by atoms with van der Waals surface area (Å²) in [5.74, 6) is 0.237. The van der Waals surface area contributed by atoms with Crippen LogP contribution in [-0.2, 0) is 14.3 Å². The maximum Gasteiger partial charge on any atom is 0.220 e. The van der Waals surface area contributed by atoms with Gasteiger partial charge in [-0.15, -0.1) is 0 Å². The van der Waals surface area contributed by atoms with Gasteiger partial charge >= 0.3 is 0 Å². The average molecular weight is 283 g/mol. The van der Waals surface area contributed by atoms with Gasteiger partial charge in [0.25, 0.3) is 0 Å². The Morgan fingerprint density at radius 2 is 1.80 bits per heavy atom. The lowest BCUT2D eigenvalue weighted by molar-refractivity contribution is -0.180. The van der Waals surface area contributed by atoms with Gasteiger partial charge in [-0.05, 0) is 24.2 Å². The van der Waals surface area contributed by atoms with E-state index in [0.717, 1.165) is 25.7 Å². The third kappa shape index (κ3) is 3.95. The summed E-state index contributed by atoms with van der Waals surface area (Å²) < 4.78 is 11.4. The Bertz CT molecular complexity index is 332. The van der Waals surface area contributed by atoms with Crippen molar-refractivity contribution < 1.29 is 14.3 Å². The zero-order chi connectivity index (χ0) is 14.8. The maximum absolute atomic E-state index is 12.1. The molecule has 1 spiro atoms. The number of hydrogen-bond donors (Lipinski definition) is 1. The van der Waals surface area contributed by atoms with E-state index < -0.39 is 0 Å². The highest BCUT2D eigenvalue weighted by Crippen LogP contribution is 2.36. The summed E-state index contributed by atoms with van der Waals surface area (Å²) in [5.41, 5.74) is 0.180. The summed E-state index contributed by atoms with van der Waals surface area (Å²) in [7, 11) is 0. The van der Waals surface area contributed by atoms with Crippen LogP contribution in [-0.4, -0.2) is 30.9 Å². The van der Waals surface area contributed by atoms with Gasteiger partial charge in [-0.3, -0.25) is 4.79 Å². The number of carbonyl (C=O) groups is 1. The molecule has 1 aliphatic heterocycles. The molecule has 0 aromatic rings. The quantitative estimate of drug-likeness (QED) is 0.866. The molecule has 2 fully saturated rings. The molecule has 4 heteroatoms. The van der Waals surface area contributed by atoms with Crippen LogP contribution in [0.25, 0.3) is 0 Å². The molecule has 1 N–H and O–H groups in total. The first kappa shape index (κ1) is 15.8. The highest BCUT2D eigenvalue weighted by atomic mass is 16.7. The second-order valence-electron chi connectivity index (χ2n) is 7.42. The fraction of sp³-hybridized carbons (Fsp3) is 0.938. The van der Waals surface area contributed by atoms with Gasteiger partial charge in [0, 0.05) is 25.3 Å². The molecular weight excluding hydrogens is 254 g/mol. The standard InChI is InChI=1S/C16H29NO3/c1-12(15(2,3)4)11-14(18)17-13-5-7-16(8-6-13)19-9-10-20-16/h12-13H,5-11H2,1-4H3,(H,17,18). The monoisotopic (exact) mass is 283 g/mol. The van der Waals surface area contributed by atoms with Crippen molar-refractivity contribution in [3.63, 3.8) is 0 Å². The van der Waals surface area contributed by atoms with Gasteiger partial charge < -0.3 is 14.8 Å². The van der Waals surface area contributed by atoms with Crippen molar-refractivity contribution in [3.8, 4) is 0 Å². The molecule has 20 heavy (non-hydrogen) atoms. The number of ether oxygens (including phenoxy) is 2. The Kier molecular flexibility index (Phi) is 4.75. The van der Waals surface area contributed by atoms with E-state index in [9.17, 15) is 4.79 Å². The summed E-state index contributed by atoms with van der Waals surface area (Å²) in [5, 5.41) is 3.18. The first-order valence-corrected chi connectivity index (χ1v) is 7.88. The zero-order valence-corrected chi connectivity index (χ0v) is 13.3. The predicted molar refractivity (Wildman–Crippen MR) is 78.3 cm³/mol. The smallest absolute Gasteiger partial charge is 0.220 e. The van der Waals surface area contributed by atoms with Crippen LogP contribution < -0.4 is 5.32 Å².